The van der Waals surface area contributed by atoms with E-state index in [1.165, 1.54) is 21.7 Å². The second-order valence-corrected chi connectivity index (χ2v) is 5.79. The number of aromatic nitrogens is 5. The predicted octanol–water partition coefficient (Wildman–Crippen LogP) is 0.969. The molecule has 1 aliphatic heterocycles. The second kappa shape index (κ2) is 6.56. The van der Waals surface area contributed by atoms with E-state index in [2.05, 4.69) is 15.4 Å². The highest BCUT2D eigenvalue weighted by Gasteiger charge is 2.32. The summed E-state index contributed by atoms with van der Waals surface area (Å²) in [4.78, 5) is 13.1. The number of hydrogen-bond acceptors (Lipinski definition) is 6. The monoisotopic (exact) mass is 358 g/mol. The summed E-state index contributed by atoms with van der Waals surface area (Å²) in [5.74, 6) is -0.557. The highest BCUT2D eigenvalue weighted by molar-refractivity contribution is 5.89. The zero-order valence-electron chi connectivity index (χ0n) is 13.6. The smallest absolute Gasteiger partial charge is 0.414 e. The molecule has 1 atom stereocenters. The first-order valence-electron chi connectivity index (χ1n) is 7.91. The van der Waals surface area contributed by atoms with E-state index in [4.69, 9.17) is 9.84 Å². The topological polar surface area (TPSA) is 98.3 Å². The molecule has 0 spiro atoms. The van der Waals surface area contributed by atoms with Crippen LogP contribution in [0.2, 0.25) is 0 Å². The fourth-order valence-electron chi connectivity index (χ4n) is 2.73. The number of cyclic esters (lactones) is 1. The summed E-state index contributed by atoms with van der Waals surface area (Å²) in [6.45, 7) is 0.321. The van der Waals surface area contributed by atoms with Gasteiger partial charge in [-0.3, -0.25) is 9.58 Å². The van der Waals surface area contributed by atoms with Crippen LogP contribution in [-0.2, 0) is 11.3 Å². The van der Waals surface area contributed by atoms with Gasteiger partial charge in [0.25, 0.3) is 0 Å². The van der Waals surface area contributed by atoms with E-state index in [1.807, 2.05) is 0 Å². The average Bonchev–Trinajstić information content (AvgIpc) is 3.36. The Morgan fingerprint density at radius 2 is 2.27 bits per heavy atom. The molecule has 1 fully saturated rings. The fraction of sp³-hybridized carbons (Fsp3) is 0.250. The Labute approximate surface area is 147 Å². The lowest BCUT2D eigenvalue weighted by molar-refractivity contribution is 0.0963. The van der Waals surface area contributed by atoms with Gasteiger partial charge in [0.05, 0.1) is 31.6 Å². The van der Waals surface area contributed by atoms with Crippen molar-refractivity contribution >= 4 is 11.8 Å². The maximum Gasteiger partial charge on any atom is 0.414 e. The van der Waals surface area contributed by atoms with Crippen LogP contribution in [0, 0.1) is 5.82 Å². The number of anilines is 1. The van der Waals surface area contributed by atoms with Crippen LogP contribution in [0.3, 0.4) is 0 Å². The van der Waals surface area contributed by atoms with E-state index in [0.29, 0.717) is 17.9 Å². The van der Waals surface area contributed by atoms with Crippen molar-refractivity contribution in [2.24, 2.45) is 0 Å². The Morgan fingerprint density at radius 3 is 2.96 bits per heavy atom. The number of amides is 1. The molecule has 0 aliphatic carbocycles. The molecule has 3 heterocycles. The maximum absolute atomic E-state index is 14.5. The van der Waals surface area contributed by atoms with Crippen molar-refractivity contribution in [1.29, 1.82) is 0 Å². The van der Waals surface area contributed by atoms with Gasteiger partial charge < -0.3 is 9.84 Å². The number of aliphatic hydroxyl groups is 1. The van der Waals surface area contributed by atoms with Gasteiger partial charge in [-0.05, 0) is 24.3 Å². The fourth-order valence-corrected chi connectivity index (χ4v) is 2.73. The maximum atomic E-state index is 14.5. The van der Waals surface area contributed by atoms with Crippen molar-refractivity contribution in [1.82, 2.24) is 24.8 Å². The predicted molar refractivity (Wildman–Crippen MR) is 87.3 cm³/mol. The molecule has 1 aliphatic rings. The molecule has 0 saturated carbocycles. The van der Waals surface area contributed by atoms with Crippen molar-refractivity contribution in [3.8, 4) is 5.69 Å². The van der Waals surface area contributed by atoms with Crippen LogP contribution in [-0.4, -0.2) is 55.2 Å². The molecule has 9 nitrogen and oxygen atoms in total. The highest BCUT2D eigenvalue weighted by Crippen LogP contribution is 2.25. The van der Waals surface area contributed by atoms with Crippen LogP contribution in [0.25, 0.3) is 5.69 Å². The molecule has 1 amide bonds. The van der Waals surface area contributed by atoms with Gasteiger partial charge in [0.15, 0.2) is 5.82 Å². The van der Waals surface area contributed by atoms with Crippen LogP contribution < -0.4 is 4.90 Å². The standard InChI is InChI=1S/C16H15FN6O3/c17-14-6-12(22-9-13(10-24)26-16(22)25)2-3-15(14)23-8-11(19-20-23)7-21-5-1-4-18-21/h1-6,8,13,24H,7,9-10H2. The summed E-state index contributed by atoms with van der Waals surface area (Å²) in [7, 11) is 0. The SMILES string of the molecule is O=C1OC(CO)CN1c1ccc(-n2cc(Cn3cccn3)nn2)c(F)c1. The summed E-state index contributed by atoms with van der Waals surface area (Å²) in [6, 6.07) is 6.13. The molecule has 134 valence electrons. The largest absolute Gasteiger partial charge is 0.441 e. The van der Waals surface area contributed by atoms with E-state index in [1.54, 1.807) is 35.4 Å². The van der Waals surface area contributed by atoms with Crippen LogP contribution in [0.5, 0.6) is 0 Å². The van der Waals surface area contributed by atoms with Crippen LogP contribution >= 0.6 is 0 Å². The van der Waals surface area contributed by atoms with Gasteiger partial charge in [-0.2, -0.15) is 5.10 Å². The number of aliphatic hydroxyl groups excluding tert-OH is 1. The van der Waals surface area contributed by atoms with Gasteiger partial charge in [0.1, 0.15) is 17.5 Å². The number of hydrogen-bond donors (Lipinski definition) is 1. The van der Waals surface area contributed by atoms with Crippen LogP contribution in [0.1, 0.15) is 5.69 Å². The lowest BCUT2D eigenvalue weighted by Gasteiger charge is -2.14. The molecule has 3 aromatic rings. The van der Waals surface area contributed by atoms with E-state index >= 15 is 0 Å². The van der Waals surface area contributed by atoms with Gasteiger partial charge in [-0.25, -0.2) is 13.9 Å². The molecule has 10 heteroatoms. The zero-order valence-corrected chi connectivity index (χ0v) is 13.6. The van der Waals surface area contributed by atoms with Crippen molar-refractivity contribution in [3.05, 3.63) is 54.4 Å². The minimum Gasteiger partial charge on any atom is -0.441 e. The first-order chi connectivity index (χ1) is 12.6. The second-order valence-electron chi connectivity index (χ2n) is 5.79. The molecule has 4 rings (SSSR count). The number of rotatable bonds is 5. The third kappa shape index (κ3) is 3.02. The minimum absolute atomic E-state index is 0.172. The molecule has 1 saturated heterocycles. The summed E-state index contributed by atoms with van der Waals surface area (Å²) >= 11 is 0. The number of nitrogens with zero attached hydrogens (tertiary/aromatic N) is 6. The molecular weight excluding hydrogens is 343 g/mol. The van der Waals surface area contributed by atoms with Crippen molar-refractivity contribution < 1.29 is 19.0 Å². The van der Waals surface area contributed by atoms with Crippen molar-refractivity contribution in [2.45, 2.75) is 12.6 Å². The Balaban J connectivity index is 1.55. The van der Waals surface area contributed by atoms with Gasteiger partial charge in [-0.15, -0.1) is 5.10 Å². The molecule has 1 N–H and O–H groups in total. The van der Waals surface area contributed by atoms with Crippen LogP contribution in [0.4, 0.5) is 14.9 Å². The number of ether oxygens (including phenoxy) is 1. The minimum atomic E-state index is -0.613. The molecular formula is C16H15FN6O3. The third-order valence-electron chi connectivity index (χ3n) is 3.99. The lowest BCUT2D eigenvalue weighted by atomic mass is 10.2. The molecule has 1 aromatic carbocycles. The third-order valence-corrected chi connectivity index (χ3v) is 3.99. The quantitative estimate of drug-likeness (QED) is 0.730. The highest BCUT2D eigenvalue weighted by atomic mass is 19.1. The summed E-state index contributed by atoms with van der Waals surface area (Å²) in [5.41, 5.74) is 1.19. The Morgan fingerprint density at radius 1 is 1.38 bits per heavy atom. The summed E-state index contributed by atoms with van der Waals surface area (Å²) < 4.78 is 22.5. The van der Waals surface area contributed by atoms with Gasteiger partial charge >= 0.3 is 6.09 Å². The lowest BCUT2D eigenvalue weighted by Crippen LogP contribution is -2.25. The van der Waals surface area contributed by atoms with Gasteiger partial charge in [-0.1, -0.05) is 5.21 Å². The van der Waals surface area contributed by atoms with Crippen molar-refractivity contribution in [3.63, 3.8) is 0 Å². The average molecular weight is 358 g/mol. The zero-order chi connectivity index (χ0) is 18.1. The van der Waals surface area contributed by atoms with Gasteiger partial charge in [0, 0.05) is 12.4 Å². The van der Waals surface area contributed by atoms with E-state index in [9.17, 15) is 9.18 Å². The molecule has 2 aromatic heterocycles. The van der Waals surface area contributed by atoms with E-state index < -0.39 is 18.0 Å². The summed E-state index contributed by atoms with van der Waals surface area (Å²) in [5, 5.41) is 21.1. The number of halogens is 1. The first-order valence-corrected chi connectivity index (χ1v) is 7.91. The molecule has 26 heavy (non-hydrogen) atoms. The van der Waals surface area contributed by atoms with Crippen LogP contribution in [0.15, 0.2) is 42.9 Å². The Hall–Kier alpha value is -3.27. The Bertz CT molecular complexity index is 926. The molecule has 0 radical (unpaired) electrons. The van der Waals surface area contributed by atoms with E-state index in [-0.39, 0.29) is 18.8 Å². The molecule has 1 unspecified atom stereocenters. The summed E-state index contributed by atoms with van der Waals surface area (Å²) in [6.07, 6.45) is 3.85. The van der Waals surface area contributed by atoms with Crippen molar-refractivity contribution in [2.75, 3.05) is 18.1 Å². The Kier molecular flexibility index (Phi) is 4.09. The number of carbonyl (C=O) groups is 1. The number of carbonyl (C=O) groups excluding carboxylic acids is 1. The van der Waals surface area contributed by atoms with E-state index in [0.717, 1.165) is 0 Å². The van der Waals surface area contributed by atoms with Gasteiger partial charge in [0.2, 0.25) is 0 Å². The normalized spacial score (nSPS) is 16.9. The number of benzene rings is 1. The first kappa shape index (κ1) is 16.2. The molecule has 0 bridgehead atoms.